The van der Waals surface area contributed by atoms with E-state index in [2.05, 4.69) is 29.2 Å². The number of rotatable bonds is 4. The van der Waals surface area contributed by atoms with Gasteiger partial charge in [-0.25, -0.2) is 0 Å². The number of carbonyl (C=O) groups is 2. The molecule has 2 saturated carbocycles. The topological polar surface area (TPSA) is 40.6 Å². The van der Waals surface area contributed by atoms with Crippen LogP contribution in [-0.2, 0) is 16.0 Å². The third kappa shape index (κ3) is 3.35. The highest BCUT2D eigenvalue weighted by Gasteiger charge is 2.53. The van der Waals surface area contributed by atoms with Crippen molar-refractivity contribution in [2.75, 3.05) is 13.1 Å². The Morgan fingerprint density at radius 1 is 0.893 bits per heavy atom. The number of carbonyl (C=O) groups excluding carboxylic acids is 2. The fourth-order valence-electron chi connectivity index (χ4n) is 6.03. The van der Waals surface area contributed by atoms with Gasteiger partial charge in [0.05, 0.1) is 0 Å². The predicted molar refractivity (Wildman–Crippen MR) is 109 cm³/mol. The van der Waals surface area contributed by atoms with E-state index in [0.29, 0.717) is 17.9 Å². The molecule has 1 aromatic rings. The number of nitrogens with zero attached hydrogens (tertiary/aromatic N) is 2. The zero-order valence-corrected chi connectivity index (χ0v) is 16.8. The minimum Gasteiger partial charge on any atom is -0.341 e. The van der Waals surface area contributed by atoms with Gasteiger partial charge < -0.3 is 9.80 Å². The maximum Gasteiger partial charge on any atom is 0.245 e. The van der Waals surface area contributed by atoms with E-state index in [9.17, 15) is 9.59 Å². The van der Waals surface area contributed by atoms with Crippen LogP contribution in [0.3, 0.4) is 0 Å². The smallest absolute Gasteiger partial charge is 0.245 e. The highest BCUT2D eigenvalue weighted by atomic mass is 16.2. The van der Waals surface area contributed by atoms with Crippen molar-refractivity contribution in [2.24, 2.45) is 17.8 Å². The molecule has 5 rings (SSSR count). The van der Waals surface area contributed by atoms with E-state index in [-0.39, 0.29) is 23.8 Å². The fraction of sp³-hybridized carbons (Fsp3) is 0.667. The molecule has 150 valence electrons. The summed E-state index contributed by atoms with van der Waals surface area (Å²) in [6, 6.07) is 10.6. The molecule has 4 heteroatoms. The van der Waals surface area contributed by atoms with Gasteiger partial charge in [0.25, 0.3) is 0 Å². The van der Waals surface area contributed by atoms with Crippen molar-refractivity contribution in [3.05, 3.63) is 35.9 Å². The van der Waals surface area contributed by atoms with Crippen LogP contribution in [0.15, 0.2) is 30.3 Å². The van der Waals surface area contributed by atoms with E-state index in [1.165, 1.54) is 24.8 Å². The quantitative estimate of drug-likeness (QED) is 0.800. The molecular weight excluding hydrogens is 348 g/mol. The Hall–Kier alpha value is -1.84. The first-order valence-corrected chi connectivity index (χ1v) is 11.4. The van der Waals surface area contributed by atoms with Crippen LogP contribution in [0.2, 0.25) is 0 Å². The van der Waals surface area contributed by atoms with E-state index in [1.807, 2.05) is 11.0 Å². The summed E-state index contributed by atoms with van der Waals surface area (Å²) in [5, 5.41) is 0. The predicted octanol–water partition coefficient (Wildman–Crippen LogP) is 3.65. The number of hydrogen-bond acceptors (Lipinski definition) is 2. The maximum absolute atomic E-state index is 13.5. The second kappa shape index (κ2) is 7.53. The molecule has 0 radical (unpaired) electrons. The van der Waals surface area contributed by atoms with Crippen LogP contribution >= 0.6 is 0 Å². The summed E-state index contributed by atoms with van der Waals surface area (Å²) in [5.74, 6) is 1.66. The van der Waals surface area contributed by atoms with E-state index < -0.39 is 0 Å². The Kier molecular flexibility index (Phi) is 4.90. The SMILES string of the molecule is O=C([C@@H]1C[C@@H]2CCCC[C@@H]2N1C(=O)[C@@H]1C[C@@H]1Cc1ccccc1)N1CCCC1. The average Bonchev–Trinajstić information content (AvgIpc) is 3.14. The minimum absolute atomic E-state index is 0.134. The summed E-state index contributed by atoms with van der Waals surface area (Å²) in [7, 11) is 0. The molecule has 2 aliphatic heterocycles. The third-order valence-electron chi connectivity index (χ3n) is 7.63. The molecule has 2 saturated heterocycles. The monoisotopic (exact) mass is 380 g/mol. The fourth-order valence-corrected chi connectivity index (χ4v) is 6.03. The first kappa shape index (κ1) is 18.2. The molecule has 4 fully saturated rings. The third-order valence-corrected chi connectivity index (χ3v) is 7.63. The normalized spacial score (nSPS) is 34.4. The van der Waals surface area contributed by atoms with Crippen molar-refractivity contribution in [2.45, 2.75) is 69.9 Å². The van der Waals surface area contributed by atoms with Gasteiger partial charge in [0, 0.05) is 25.0 Å². The molecule has 5 atom stereocenters. The maximum atomic E-state index is 13.5. The van der Waals surface area contributed by atoms with Gasteiger partial charge >= 0.3 is 0 Å². The molecule has 28 heavy (non-hydrogen) atoms. The lowest BCUT2D eigenvalue weighted by Crippen LogP contribution is -2.50. The molecule has 4 aliphatic rings. The number of benzene rings is 1. The van der Waals surface area contributed by atoms with E-state index >= 15 is 0 Å². The summed E-state index contributed by atoms with van der Waals surface area (Å²) < 4.78 is 0. The summed E-state index contributed by atoms with van der Waals surface area (Å²) in [4.78, 5) is 30.9. The van der Waals surface area contributed by atoms with Crippen LogP contribution in [-0.4, -0.2) is 46.8 Å². The molecule has 2 aliphatic carbocycles. The van der Waals surface area contributed by atoms with Crippen molar-refractivity contribution >= 4 is 11.8 Å². The van der Waals surface area contributed by atoms with Crippen LogP contribution in [0.4, 0.5) is 0 Å². The first-order chi connectivity index (χ1) is 13.7. The number of likely N-dealkylation sites (tertiary alicyclic amines) is 2. The molecule has 0 unspecified atom stereocenters. The zero-order valence-electron chi connectivity index (χ0n) is 16.8. The Morgan fingerprint density at radius 2 is 1.64 bits per heavy atom. The van der Waals surface area contributed by atoms with Crippen LogP contribution < -0.4 is 0 Å². The lowest BCUT2D eigenvalue weighted by Gasteiger charge is -2.35. The summed E-state index contributed by atoms with van der Waals surface area (Å²) in [6.07, 6.45) is 9.86. The first-order valence-electron chi connectivity index (χ1n) is 11.4. The highest BCUT2D eigenvalue weighted by molar-refractivity contribution is 5.91. The summed E-state index contributed by atoms with van der Waals surface area (Å²) in [6.45, 7) is 1.76. The zero-order chi connectivity index (χ0) is 19.1. The minimum atomic E-state index is -0.184. The molecule has 0 N–H and O–H groups in total. The lowest BCUT2D eigenvalue weighted by molar-refractivity contribution is -0.146. The second-order valence-electron chi connectivity index (χ2n) is 9.43. The van der Waals surface area contributed by atoms with Gasteiger partial charge in [0.15, 0.2) is 0 Å². The van der Waals surface area contributed by atoms with Crippen LogP contribution in [0.5, 0.6) is 0 Å². The number of hydrogen-bond donors (Lipinski definition) is 0. The highest BCUT2D eigenvalue weighted by Crippen LogP contribution is 2.47. The van der Waals surface area contributed by atoms with Crippen molar-refractivity contribution in [1.29, 1.82) is 0 Å². The van der Waals surface area contributed by atoms with Crippen LogP contribution in [0, 0.1) is 17.8 Å². The molecule has 2 heterocycles. The number of amides is 2. The van der Waals surface area contributed by atoms with Gasteiger partial charge in [-0.05, 0) is 62.3 Å². The lowest BCUT2D eigenvalue weighted by atomic mass is 9.84. The molecule has 2 amide bonds. The van der Waals surface area contributed by atoms with Gasteiger partial charge in [-0.15, -0.1) is 0 Å². The second-order valence-corrected chi connectivity index (χ2v) is 9.43. The Bertz CT molecular complexity index is 727. The van der Waals surface area contributed by atoms with Crippen LogP contribution in [0.1, 0.15) is 56.9 Å². The van der Waals surface area contributed by atoms with Crippen LogP contribution in [0.25, 0.3) is 0 Å². The molecule has 1 aromatic carbocycles. The molecule has 0 aromatic heterocycles. The van der Waals surface area contributed by atoms with Gasteiger partial charge in [0.1, 0.15) is 6.04 Å². The van der Waals surface area contributed by atoms with E-state index in [4.69, 9.17) is 0 Å². The molecular formula is C24H32N2O2. The van der Waals surface area contributed by atoms with Gasteiger partial charge in [-0.1, -0.05) is 43.2 Å². The standard InChI is InChI=1S/C24H32N2O2/c27-23(20-15-19(20)14-17-8-2-1-3-9-17)26-21-11-5-4-10-18(21)16-22(26)24(28)25-12-6-7-13-25/h1-3,8-9,18-22H,4-7,10-16H2/t18-,19-,20+,21-,22-/m0/s1. The number of fused-ring (bicyclic) bond motifs is 1. The van der Waals surface area contributed by atoms with Crippen molar-refractivity contribution in [3.8, 4) is 0 Å². The Labute approximate surface area is 168 Å². The Morgan fingerprint density at radius 3 is 2.43 bits per heavy atom. The summed E-state index contributed by atoms with van der Waals surface area (Å²) >= 11 is 0. The van der Waals surface area contributed by atoms with E-state index in [0.717, 1.165) is 51.6 Å². The van der Waals surface area contributed by atoms with Crippen molar-refractivity contribution in [1.82, 2.24) is 9.80 Å². The van der Waals surface area contributed by atoms with Crippen molar-refractivity contribution in [3.63, 3.8) is 0 Å². The largest absolute Gasteiger partial charge is 0.341 e. The van der Waals surface area contributed by atoms with Gasteiger partial charge in [0.2, 0.25) is 11.8 Å². The molecule has 4 nitrogen and oxygen atoms in total. The average molecular weight is 381 g/mol. The molecule has 0 bridgehead atoms. The summed E-state index contributed by atoms with van der Waals surface area (Å²) in [5.41, 5.74) is 1.32. The van der Waals surface area contributed by atoms with Gasteiger partial charge in [-0.2, -0.15) is 0 Å². The van der Waals surface area contributed by atoms with Gasteiger partial charge in [-0.3, -0.25) is 9.59 Å². The Balaban J connectivity index is 1.31. The van der Waals surface area contributed by atoms with Crippen molar-refractivity contribution < 1.29 is 9.59 Å². The van der Waals surface area contributed by atoms with E-state index in [1.54, 1.807) is 0 Å². The molecule has 0 spiro atoms.